The van der Waals surface area contributed by atoms with Gasteiger partial charge in [-0.1, -0.05) is 84.0 Å². The summed E-state index contributed by atoms with van der Waals surface area (Å²) in [7, 11) is 0. The number of aryl methyl sites for hydroxylation is 1. The van der Waals surface area contributed by atoms with Crippen LogP contribution in [0.1, 0.15) is 80.5 Å². The van der Waals surface area contributed by atoms with Gasteiger partial charge in [0.1, 0.15) is 6.07 Å². The average Bonchev–Trinajstić information content (AvgIpc) is 3.09. The molecule has 4 aromatic carbocycles. The van der Waals surface area contributed by atoms with Crippen LogP contribution in [0.25, 0.3) is 0 Å². The monoisotopic (exact) mass is 513 g/mol. The van der Waals surface area contributed by atoms with Crippen molar-refractivity contribution >= 4 is 22.7 Å². The van der Waals surface area contributed by atoms with Crippen LogP contribution in [0.4, 0.5) is 22.7 Å². The molecular formula is C36H39N3. The van der Waals surface area contributed by atoms with E-state index in [1.807, 2.05) is 6.07 Å². The number of nitrogen functional groups attached to an aromatic ring is 1. The first-order valence-corrected chi connectivity index (χ1v) is 13.9. The second-order valence-electron chi connectivity index (χ2n) is 12.8. The van der Waals surface area contributed by atoms with Crippen molar-refractivity contribution in [3.63, 3.8) is 0 Å². The number of fused-ring (bicyclic) bond motifs is 2. The van der Waals surface area contributed by atoms with Gasteiger partial charge in [-0.25, -0.2) is 0 Å². The normalized spacial score (nSPS) is 13.2. The summed E-state index contributed by atoms with van der Waals surface area (Å²) >= 11 is 0. The van der Waals surface area contributed by atoms with Crippen LogP contribution in [0.3, 0.4) is 0 Å². The number of anilines is 4. The van der Waals surface area contributed by atoms with Gasteiger partial charge in [0.2, 0.25) is 0 Å². The van der Waals surface area contributed by atoms with Crippen molar-refractivity contribution in [2.24, 2.45) is 0 Å². The van der Waals surface area contributed by atoms with Gasteiger partial charge < -0.3 is 10.6 Å². The summed E-state index contributed by atoms with van der Waals surface area (Å²) in [6, 6.07) is 30.9. The molecule has 0 spiro atoms. The lowest BCUT2D eigenvalue weighted by atomic mass is 9.86. The Morgan fingerprint density at radius 1 is 0.667 bits per heavy atom. The SMILES string of the molecule is CC(C)(C)c1ccc(N(c2ccc(C(C)(C)C)cc2)c2cccc3c2Cc2ccc(C#N)c(N)c2CC3)cc1. The maximum atomic E-state index is 9.54. The van der Waals surface area contributed by atoms with Gasteiger partial charge >= 0.3 is 0 Å². The predicted molar refractivity (Wildman–Crippen MR) is 164 cm³/mol. The maximum absolute atomic E-state index is 9.54. The van der Waals surface area contributed by atoms with Gasteiger partial charge in [0.25, 0.3) is 0 Å². The summed E-state index contributed by atoms with van der Waals surface area (Å²) in [5, 5.41) is 9.54. The van der Waals surface area contributed by atoms with Crippen LogP contribution in [-0.4, -0.2) is 0 Å². The van der Waals surface area contributed by atoms with E-state index in [1.165, 1.54) is 33.5 Å². The van der Waals surface area contributed by atoms with E-state index in [4.69, 9.17) is 5.73 Å². The molecule has 0 heterocycles. The molecule has 5 rings (SSSR count). The second kappa shape index (κ2) is 9.93. The molecule has 2 N–H and O–H groups in total. The van der Waals surface area contributed by atoms with Crippen molar-refractivity contribution in [3.05, 3.63) is 118 Å². The standard InChI is InChI=1S/C36H39N3/c1-35(2,3)27-13-17-29(18-14-27)39(30-19-15-28(16-20-30)36(4,5)6)33-9-7-8-24-12-21-31-25(22-32(24)33)10-11-26(23-37)34(31)38/h7-11,13-20H,12,21-22,38H2,1-6H3. The van der Waals surface area contributed by atoms with Crippen molar-refractivity contribution in [1.82, 2.24) is 0 Å². The van der Waals surface area contributed by atoms with Gasteiger partial charge in [-0.05, 0) is 93.5 Å². The summed E-state index contributed by atoms with van der Waals surface area (Å²) < 4.78 is 0. The summed E-state index contributed by atoms with van der Waals surface area (Å²) in [6.07, 6.45) is 2.52. The highest BCUT2D eigenvalue weighted by molar-refractivity contribution is 5.80. The van der Waals surface area contributed by atoms with E-state index in [-0.39, 0.29) is 10.8 Å². The molecule has 0 fully saturated rings. The van der Waals surface area contributed by atoms with Crippen LogP contribution in [0.2, 0.25) is 0 Å². The fourth-order valence-electron chi connectivity index (χ4n) is 5.64. The Hall–Kier alpha value is -4.03. The summed E-state index contributed by atoms with van der Waals surface area (Å²) in [5.41, 5.74) is 18.9. The first kappa shape index (κ1) is 26.6. The van der Waals surface area contributed by atoms with Gasteiger partial charge in [-0.2, -0.15) is 5.26 Å². The van der Waals surface area contributed by atoms with E-state index in [0.717, 1.165) is 36.2 Å². The van der Waals surface area contributed by atoms with Gasteiger partial charge in [-0.3, -0.25) is 0 Å². The predicted octanol–water partition coefficient (Wildman–Crippen LogP) is 8.89. The molecule has 4 aromatic rings. The molecule has 0 bridgehead atoms. The second-order valence-corrected chi connectivity index (χ2v) is 12.8. The Morgan fingerprint density at radius 3 is 1.74 bits per heavy atom. The highest BCUT2D eigenvalue weighted by Gasteiger charge is 2.24. The van der Waals surface area contributed by atoms with Crippen molar-refractivity contribution in [3.8, 4) is 6.07 Å². The molecule has 0 saturated heterocycles. The number of hydrogen-bond donors (Lipinski definition) is 1. The fourth-order valence-corrected chi connectivity index (χ4v) is 5.64. The lowest BCUT2D eigenvalue weighted by Crippen LogP contribution is -2.16. The first-order valence-electron chi connectivity index (χ1n) is 13.9. The van der Waals surface area contributed by atoms with Crippen molar-refractivity contribution in [2.75, 3.05) is 10.6 Å². The van der Waals surface area contributed by atoms with Gasteiger partial charge in [0, 0.05) is 23.5 Å². The van der Waals surface area contributed by atoms with Crippen molar-refractivity contribution in [2.45, 2.75) is 71.6 Å². The lowest BCUT2D eigenvalue weighted by Gasteiger charge is -2.30. The smallest absolute Gasteiger partial charge is 0.101 e. The average molecular weight is 514 g/mol. The highest BCUT2D eigenvalue weighted by Crippen LogP contribution is 2.42. The van der Waals surface area contributed by atoms with E-state index in [9.17, 15) is 5.26 Å². The third kappa shape index (κ3) is 5.17. The molecule has 0 aromatic heterocycles. The van der Waals surface area contributed by atoms with Crippen molar-refractivity contribution in [1.29, 1.82) is 5.26 Å². The third-order valence-electron chi connectivity index (χ3n) is 8.06. The molecule has 198 valence electrons. The molecule has 1 aliphatic rings. The fraction of sp³-hybridized carbons (Fsp3) is 0.306. The molecule has 1 aliphatic carbocycles. The summed E-state index contributed by atoms with van der Waals surface area (Å²) in [6.45, 7) is 13.5. The molecule has 3 heteroatoms. The highest BCUT2D eigenvalue weighted by atomic mass is 15.1. The maximum Gasteiger partial charge on any atom is 0.101 e. The van der Waals surface area contributed by atoms with Crippen LogP contribution in [-0.2, 0) is 30.1 Å². The van der Waals surface area contributed by atoms with E-state index in [1.54, 1.807) is 0 Å². The summed E-state index contributed by atoms with van der Waals surface area (Å²) in [4.78, 5) is 2.40. The minimum atomic E-state index is 0.0907. The van der Waals surface area contributed by atoms with Gasteiger partial charge in [0.15, 0.2) is 0 Å². The van der Waals surface area contributed by atoms with Gasteiger partial charge in [-0.15, -0.1) is 0 Å². The molecule has 0 unspecified atom stereocenters. The zero-order valence-corrected chi connectivity index (χ0v) is 24.1. The number of nitrogens with two attached hydrogens (primary N) is 1. The van der Waals surface area contributed by atoms with E-state index >= 15 is 0 Å². The van der Waals surface area contributed by atoms with Crippen molar-refractivity contribution < 1.29 is 0 Å². The van der Waals surface area contributed by atoms with E-state index < -0.39 is 0 Å². The number of hydrogen-bond acceptors (Lipinski definition) is 3. The molecule has 39 heavy (non-hydrogen) atoms. The molecule has 0 saturated carbocycles. The minimum Gasteiger partial charge on any atom is -0.397 e. The number of nitriles is 1. The molecule has 0 radical (unpaired) electrons. The number of benzene rings is 4. The Morgan fingerprint density at radius 2 is 1.23 bits per heavy atom. The zero-order valence-electron chi connectivity index (χ0n) is 24.1. The van der Waals surface area contributed by atoms with Crippen LogP contribution < -0.4 is 10.6 Å². The number of rotatable bonds is 3. The Bertz CT molecular complexity index is 1480. The van der Waals surface area contributed by atoms with Gasteiger partial charge in [0.05, 0.1) is 11.3 Å². The van der Waals surface area contributed by atoms with Crippen LogP contribution in [0, 0.1) is 11.3 Å². The number of nitrogens with zero attached hydrogens (tertiary/aromatic N) is 2. The Balaban J connectivity index is 1.67. The quantitative estimate of drug-likeness (QED) is 0.278. The topological polar surface area (TPSA) is 53.0 Å². The van der Waals surface area contributed by atoms with Crippen LogP contribution in [0.15, 0.2) is 78.9 Å². The molecule has 3 nitrogen and oxygen atoms in total. The molecular weight excluding hydrogens is 474 g/mol. The third-order valence-corrected chi connectivity index (χ3v) is 8.06. The largest absolute Gasteiger partial charge is 0.397 e. The molecule has 0 aliphatic heterocycles. The minimum absolute atomic E-state index is 0.0907. The van der Waals surface area contributed by atoms with Crippen LogP contribution >= 0.6 is 0 Å². The Labute approximate surface area is 233 Å². The molecule has 0 amide bonds. The molecule has 0 atom stereocenters. The Kier molecular flexibility index (Phi) is 6.77. The zero-order chi connectivity index (χ0) is 27.9. The lowest BCUT2D eigenvalue weighted by molar-refractivity contribution is 0.590. The van der Waals surface area contributed by atoms with E-state index in [0.29, 0.717) is 11.3 Å². The van der Waals surface area contributed by atoms with E-state index in [2.05, 4.69) is 125 Å². The van der Waals surface area contributed by atoms with Crippen LogP contribution in [0.5, 0.6) is 0 Å². The first-order chi connectivity index (χ1) is 18.5. The summed E-state index contributed by atoms with van der Waals surface area (Å²) in [5.74, 6) is 0.